The van der Waals surface area contributed by atoms with Crippen molar-refractivity contribution in [2.75, 3.05) is 6.61 Å². The topological polar surface area (TPSA) is 35.2 Å². The summed E-state index contributed by atoms with van der Waals surface area (Å²) in [6, 6.07) is 5.74. The van der Waals surface area contributed by atoms with E-state index in [9.17, 15) is 0 Å². The molecule has 0 spiro atoms. The van der Waals surface area contributed by atoms with Crippen LogP contribution in [-0.4, -0.2) is 6.61 Å². The maximum Gasteiger partial charge on any atom is 0.124 e. The molecule has 2 N–H and O–H groups in total. The van der Waals surface area contributed by atoms with Crippen molar-refractivity contribution in [1.29, 1.82) is 0 Å². The highest BCUT2D eigenvalue weighted by Crippen LogP contribution is 2.27. The van der Waals surface area contributed by atoms with E-state index in [0.29, 0.717) is 6.61 Å². The average molecular weight is 335 g/mol. The molecule has 2 nitrogen and oxygen atoms in total. The highest BCUT2D eigenvalue weighted by Gasteiger charge is 2.08. The molecule has 0 amide bonds. The summed E-state index contributed by atoms with van der Waals surface area (Å²) in [5.41, 5.74) is 6.84. The van der Waals surface area contributed by atoms with Crippen molar-refractivity contribution < 1.29 is 4.74 Å². The van der Waals surface area contributed by atoms with Gasteiger partial charge in [-0.15, -0.1) is 0 Å². The fourth-order valence-corrected chi connectivity index (χ4v) is 1.66. The molecule has 0 radical (unpaired) electrons. The van der Waals surface area contributed by atoms with Crippen LogP contribution in [0.15, 0.2) is 33.7 Å². The fourth-order valence-electron chi connectivity index (χ4n) is 1.16. The van der Waals surface area contributed by atoms with Gasteiger partial charge in [-0.1, -0.05) is 38.4 Å². The number of hydrogen-bond acceptors (Lipinski definition) is 2. The standard InChI is InChI=1S/C11H13Br2NO/c1-7(12)6-15-11-4-3-9(13)5-10(11)8(2)14/h3-5,8H,1,6,14H2,2H3/t8-/m0/s1. The van der Waals surface area contributed by atoms with Crippen molar-refractivity contribution in [3.05, 3.63) is 39.3 Å². The van der Waals surface area contributed by atoms with E-state index in [2.05, 4.69) is 38.4 Å². The lowest BCUT2D eigenvalue weighted by atomic mass is 10.1. The van der Waals surface area contributed by atoms with E-state index in [-0.39, 0.29) is 6.04 Å². The molecule has 1 rings (SSSR count). The highest BCUT2D eigenvalue weighted by atomic mass is 79.9. The van der Waals surface area contributed by atoms with E-state index >= 15 is 0 Å². The number of benzene rings is 1. The van der Waals surface area contributed by atoms with E-state index in [1.807, 2.05) is 25.1 Å². The molecule has 0 saturated carbocycles. The molecule has 0 aliphatic carbocycles. The summed E-state index contributed by atoms with van der Waals surface area (Å²) in [6.45, 7) is 6.09. The molecule has 4 heteroatoms. The zero-order valence-corrected chi connectivity index (χ0v) is 11.6. The van der Waals surface area contributed by atoms with E-state index in [1.165, 1.54) is 0 Å². The van der Waals surface area contributed by atoms with Crippen molar-refractivity contribution in [3.8, 4) is 5.75 Å². The van der Waals surface area contributed by atoms with Crippen molar-refractivity contribution in [3.63, 3.8) is 0 Å². The van der Waals surface area contributed by atoms with Gasteiger partial charge in [-0.3, -0.25) is 0 Å². The lowest BCUT2D eigenvalue weighted by molar-refractivity contribution is 0.355. The van der Waals surface area contributed by atoms with Gasteiger partial charge in [-0.05, 0) is 25.1 Å². The highest BCUT2D eigenvalue weighted by molar-refractivity contribution is 9.11. The Kier molecular flexibility index (Phi) is 4.83. The minimum absolute atomic E-state index is 0.0545. The first kappa shape index (κ1) is 12.7. The van der Waals surface area contributed by atoms with E-state index in [0.717, 1.165) is 20.3 Å². The number of nitrogens with two attached hydrogens (primary N) is 1. The van der Waals surface area contributed by atoms with Crippen LogP contribution >= 0.6 is 31.9 Å². The summed E-state index contributed by atoms with van der Waals surface area (Å²) in [6.07, 6.45) is 0. The molecule has 0 aliphatic rings. The van der Waals surface area contributed by atoms with Crippen LogP contribution in [0.2, 0.25) is 0 Å². The Morgan fingerprint density at radius 3 is 2.80 bits per heavy atom. The van der Waals surface area contributed by atoms with Crippen LogP contribution in [0.25, 0.3) is 0 Å². The Hall–Kier alpha value is -0.320. The van der Waals surface area contributed by atoms with Gasteiger partial charge in [0, 0.05) is 20.6 Å². The summed E-state index contributed by atoms with van der Waals surface area (Å²) in [5.74, 6) is 0.800. The maximum atomic E-state index is 5.85. The Bertz CT molecular complexity index is 364. The minimum Gasteiger partial charge on any atom is -0.488 e. The lowest BCUT2D eigenvalue weighted by Crippen LogP contribution is -2.08. The second-order valence-corrected chi connectivity index (χ2v) is 5.31. The molecule has 0 fully saturated rings. The molecule has 0 heterocycles. The number of ether oxygens (including phenoxy) is 1. The Morgan fingerprint density at radius 1 is 1.60 bits per heavy atom. The van der Waals surface area contributed by atoms with Crippen LogP contribution in [-0.2, 0) is 0 Å². The summed E-state index contributed by atoms with van der Waals surface area (Å²) < 4.78 is 7.37. The third-order valence-corrected chi connectivity index (χ3v) is 2.57. The lowest BCUT2D eigenvalue weighted by Gasteiger charge is -2.14. The van der Waals surface area contributed by atoms with Gasteiger partial charge in [0.1, 0.15) is 12.4 Å². The van der Waals surface area contributed by atoms with Gasteiger partial charge >= 0.3 is 0 Å². The molecule has 1 atom stereocenters. The van der Waals surface area contributed by atoms with Crippen LogP contribution in [0.1, 0.15) is 18.5 Å². The van der Waals surface area contributed by atoms with Crippen molar-refractivity contribution >= 4 is 31.9 Å². The molecule has 0 aromatic heterocycles. The molecular formula is C11H13Br2NO. The zero-order chi connectivity index (χ0) is 11.4. The minimum atomic E-state index is -0.0545. The summed E-state index contributed by atoms with van der Waals surface area (Å²) >= 11 is 6.65. The van der Waals surface area contributed by atoms with E-state index < -0.39 is 0 Å². The van der Waals surface area contributed by atoms with Crippen LogP contribution < -0.4 is 10.5 Å². The molecule has 1 aromatic carbocycles. The normalized spacial score (nSPS) is 12.3. The SMILES string of the molecule is C=C(Br)COc1ccc(Br)cc1[C@H](C)N. The molecule has 0 bridgehead atoms. The summed E-state index contributed by atoms with van der Waals surface area (Å²) in [5, 5.41) is 0. The predicted molar refractivity (Wildman–Crippen MR) is 70.3 cm³/mol. The average Bonchev–Trinajstić information content (AvgIpc) is 2.15. The van der Waals surface area contributed by atoms with Crippen LogP contribution in [0, 0.1) is 0 Å². The summed E-state index contributed by atoms with van der Waals surface area (Å²) in [7, 11) is 0. The molecular weight excluding hydrogens is 322 g/mol. The summed E-state index contributed by atoms with van der Waals surface area (Å²) in [4.78, 5) is 0. The van der Waals surface area contributed by atoms with Gasteiger partial charge in [0.15, 0.2) is 0 Å². The van der Waals surface area contributed by atoms with Crippen molar-refractivity contribution in [2.24, 2.45) is 5.73 Å². The van der Waals surface area contributed by atoms with Crippen molar-refractivity contribution in [1.82, 2.24) is 0 Å². The van der Waals surface area contributed by atoms with Gasteiger partial charge in [-0.2, -0.15) is 0 Å². The van der Waals surface area contributed by atoms with E-state index in [1.54, 1.807) is 0 Å². The number of rotatable bonds is 4. The Labute approximate surface area is 107 Å². The van der Waals surface area contributed by atoms with Gasteiger partial charge in [0.25, 0.3) is 0 Å². The quantitative estimate of drug-likeness (QED) is 0.910. The van der Waals surface area contributed by atoms with Crippen LogP contribution in [0.5, 0.6) is 5.75 Å². The first-order chi connectivity index (χ1) is 7.00. The third-order valence-electron chi connectivity index (χ3n) is 1.85. The van der Waals surface area contributed by atoms with Gasteiger partial charge in [0.2, 0.25) is 0 Å². The maximum absolute atomic E-state index is 5.85. The van der Waals surface area contributed by atoms with E-state index in [4.69, 9.17) is 10.5 Å². The van der Waals surface area contributed by atoms with Crippen molar-refractivity contribution in [2.45, 2.75) is 13.0 Å². The molecule has 82 valence electrons. The zero-order valence-electron chi connectivity index (χ0n) is 8.47. The smallest absolute Gasteiger partial charge is 0.124 e. The van der Waals surface area contributed by atoms with Crippen LogP contribution in [0.4, 0.5) is 0 Å². The Balaban J connectivity index is 2.90. The molecule has 0 aliphatic heterocycles. The molecule has 15 heavy (non-hydrogen) atoms. The number of halogens is 2. The van der Waals surface area contributed by atoms with Gasteiger partial charge < -0.3 is 10.5 Å². The largest absolute Gasteiger partial charge is 0.488 e. The molecule has 0 saturated heterocycles. The van der Waals surface area contributed by atoms with Gasteiger partial charge in [-0.25, -0.2) is 0 Å². The second-order valence-electron chi connectivity index (χ2n) is 3.28. The third kappa shape index (κ3) is 3.97. The number of hydrogen-bond donors (Lipinski definition) is 1. The first-order valence-electron chi connectivity index (χ1n) is 4.52. The molecule has 1 aromatic rings. The predicted octanol–water partition coefficient (Wildman–Crippen LogP) is 3.76. The molecule has 0 unspecified atom stereocenters. The fraction of sp³-hybridized carbons (Fsp3) is 0.273. The van der Waals surface area contributed by atoms with Crippen LogP contribution in [0.3, 0.4) is 0 Å². The van der Waals surface area contributed by atoms with Gasteiger partial charge in [0.05, 0.1) is 0 Å². The Morgan fingerprint density at radius 2 is 2.27 bits per heavy atom. The monoisotopic (exact) mass is 333 g/mol. The second kappa shape index (κ2) is 5.68. The first-order valence-corrected chi connectivity index (χ1v) is 6.10.